The first-order valence-electron chi connectivity index (χ1n) is 6.82. The molecule has 21 heavy (non-hydrogen) atoms. The number of anilines is 1. The third-order valence-corrected chi connectivity index (χ3v) is 2.86. The third kappa shape index (κ3) is 6.42. The predicted molar refractivity (Wildman–Crippen MR) is 80.1 cm³/mol. The molecule has 0 unspecified atom stereocenters. The number of hydrogen-bond donors (Lipinski definition) is 1. The van der Waals surface area contributed by atoms with Crippen LogP contribution in [0, 0.1) is 10.1 Å². The predicted octanol–water partition coefficient (Wildman–Crippen LogP) is 2.46. The molecule has 1 rings (SSSR count). The number of nitro benzene ring substituents is 1. The normalized spacial score (nSPS) is 10.4. The fraction of sp³-hybridized carbons (Fsp3) is 0.571. The molecule has 0 heterocycles. The lowest BCUT2D eigenvalue weighted by molar-refractivity contribution is -0.384. The smallest absolute Gasteiger partial charge is 0.292 e. The van der Waals surface area contributed by atoms with E-state index in [0.717, 1.165) is 12.8 Å². The Labute approximate surface area is 124 Å². The van der Waals surface area contributed by atoms with E-state index in [0.29, 0.717) is 37.8 Å². The summed E-state index contributed by atoms with van der Waals surface area (Å²) in [5.74, 6) is 0.589. The molecule has 0 aliphatic carbocycles. The van der Waals surface area contributed by atoms with Gasteiger partial charge in [0.1, 0.15) is 11.4 Å². The Balaban J connectivity index is 2.35. The molecule has 0 atom stereocenters. The highest BCUT2D eigenvalue weighted by Gasteiger charge is 2.13. The summed E-state index contributed by atoms with van der Waals surface area (Å²) < 4.78 is 15.3. The van der Waals surface area contributed by atoms with Crippen LogP contribution in [0.2, 0.25) is 0 Å². The lowest BCUT2D eigenvalue weighted by Gasteiger charge is -2.09. The van der Waals surface area contributed by atoms with Crippen LogP contribution in [0.4, 0.5) is 11.4 Å². The highest BCUT2D eigenvalue weighted by atomic mass is 16.6. The summed E-state index contributed by atoms with van der Waals surface area (Å²) in [4.78, 5) is 10.5. The standard InChI is InChI=1S/C14H22N2O5/c1-19-9-10-21-8-4-3-7-15-13-11-12(20-2)5-6-14(13)16(17)18/h5-6,11,15H,3-4,7-10H2,1-2H3. The Hall–Kier alpha value is -1.86. The summed E-state index contributed by atoms with van der Waals surface area (Å²) in [6, 6.07) is 4.65. The average Bonchev–Trinajstić information content (AvgIpc) is 2.49. The van der Waals surface area contributed by atoms with Gasteiger partial charge in [0, 0.05) is 32.4 Å². The number of unbranched alkanes of at least 4 members (excludes halogenated alkanes) is 1. The van der Waals surface area contributed by atoms with E-state index in [1.807, 2.05) is 0 Å². The molecule has 0 spiro atoms. The van der Waals surface area contributed by atoms with Gasteiger partial charge >= 0.3 is 0 Å². The fourth-order valence-corrected chi connectivity index (χ4v) is 1.74. The molecule has 0 aromatic heterocycles. The van der Waals surface area contributed by atoms with Gasteiger partial charge in [-0.1, -0.05) is 0 Å². The minimum Gasteiger partial charge on any atom is -0.497 e. The highest BCUT2D eigenvalue weighted by Crippen LogP contribution is 2.28. The maximum Gasteiger partial charge on any atom is 0.292 e. The molecule has 7 heteroatoms. The Bertz CT molecular complexity index is 439. The van der Waals surface area contributed by atoms with Crippen LogP contribution in [-0.2, 0) is 9.47 Å². The van der Waals surface area contributed by atoms with E-state index in [2.05, 4.69) is 5.32 Å². The molecule has 1 aromatic carbocycles. The SMILES string of the molecule is COCCOCCCCNc1cc(OC)ccc1[N+](=O)[O-]. The fourth-order valence-electron chi connectivity index (χ4n) is 1.74. The van der Waals surface area contributed by atoms with Crippen molar-refractivity contribution in [3.8, 4) is 5.75 Å². The van der Waals surface area contributed by atoms with Crippen molar-refractivity contribution < 1.29 is 19.1 Å². The van der Waals surface area contributed by atoms with Crippen molar-refractivity contribution >= 4 is 11.4 Å². The van der Waals surface area contributed by atoms with Gasteiger partial charge in [0.25, 0.3) is 5.69 Å². The Kier molecular flexibility index (Phi) is 8.15. The summed E-state index contributed by atoms with van der Waals surface area (Å²) in [7, 11) is 3.16. The molecule has 0 bridgehead atoms. The summed E-state index contributed by atoms with van der Waals surface area (Å²) in [6.07, 6.45) is 1.75. The van der Waals surface area contributed by atoms with Crippen LogP contribution in [0.5, 0.6) is 5.75 Å². The number of methoxy groups -OCH3 is 2. The van der Waals surface area contributed by atoms with Crippen LogP contribution >= 0.6 is 0 Å². The summed E-state index contributed by atoms with van der Waals surface area (Å²) in [6.45, 7) is 2.48. The van der Waals surface area contributed by atoms with Gasteiger partial charge in [-0.3, -0.25) is 10.1 Å². The number of rotatable bonds is 11. The molecule has 0 aliphatic rings. The summed E-state index contributed by atoms with van der Waals surface area (Å²) in [5, 5.41) is 14.0. The van der Waals surface area contributed by atoms with Gasteiger partial charge in [-0.15, -0.1) is 0 Å². The lowest BCUT2D eigenvalue weighted by atomic mass is 10.2. The summed E-state index contributed by atoms with van der Waals surface area (Å²) >= 11 is 0. The Morgan fingerprint density at radius 1 is 1.19 bits per heavy atom. The molecule has 0 aliphatic heterocycles. The van der Waals surface area contributed by atoms with E-state index >= 15 is 0 Å². The second-order valence-corrected chi connectivity index (χ2v) is 4.38. The molecular weight excluding hydrogens is 276 g/mol. The minimum atomic E-state index is -0.407. The Morgan fingerprint density at radius 3 is 2.67 bits per heavy atom. The van der Waals surface area contributed by atoms with Gasteiger partial charge < -0.3 is 19.5 Å². The molecule has 0 saturated heterocycles. The molecule has 0 amide bonds. The minimum absolute atomic E-state index is 0.0483. The van der Waals surface area contributed by atoms with Gasteiger partial charge in [-0.25, -0.2) is 0 Å². The van der Waals surface area contributed by atoms with Crippen LogP contribution in [0.1, 0.15) is 12.8 Å². The monoisotopic (exact) mass is 298 g/mol. The van der Waals surface area contributed by atoms with Crippen molar-refractivity contribution in [1.82, 2.24) is 0 Å². The zero-order valence-electron chi connectivity index (χ0n) is 12.5. The van der Waals surface area contributed by atoms with Crippen molar-refractivity contribution in [2.24, 2.45) is 0 Å². The van der Waals surface area contributed by atoms with Crippen LogP contribution < -0.4 is 10.1 Å². The summed E-state index contributed by atoms with van der Waals surface area (Å²) in [5.41, 5.74) is 0.520. The number of nitrogens with one attached hydrogen (secondary N) is 1. The van der Waals surface area contributed by atoms with E-state index in [4.69, 9.17) is 14.2 Å². The lowest BCUT2D eigenvalue weighted by Crippen LogP contribution is -2.07. The number of ether oxygens (including phenoxy) is 3. The van der Waals surface area contributed by atoms with Crippen molar-refractivity contribution in [2.45, 2.75) is 12.8 Å². The molecule has 0 radical (unpaired) electrons. The largest absolute Gasteiger partial charge is 0.497 e. The number of nitrogens with zero attached hydrogens (tertiary/aromatic N) is 1. The van der Waals surface area contributed by atoms with E-state index in [1.54, 1.807) is 19.2 Å². The molecule has 1 aromatic rings. The average molecular weight is 298 g/mol. The zero-order chi connectivity index (χ0) is 15.5. The first kappa shape index (κ1) is 17.2. The van der Waals surface area contributed by atoms with Crippen molar-refractivity contribution in [2.75, 3.05) is 45.9 Å². The number of benzene rings is 1. The first-order chi connectivity index (χ1) is 10.2. The molecule has 1 N–H and O–H groups in total. The van der Waals surface area contributed by atoms with Gasteiger partial charge in [0.2, 0.25) is 0 Å². The van der Waals surface area contributed by atoms with Crippen LogP contribution in [0.15, 0.2) is 18.2 Å². The van der Waals surface area contributed by atoms with E-state index in [9.17, 15) is 10.1 Å². The van der Waals surface area contributed by atoms with Crippen LogP contribution in [-0.4, -0.2) is 45.5 Å². The maximum absolute atomic E-state index is 10.9. The van der Waals surface area contributed by atoms with E-state index < -0.39 is 4.92 Å². The quantitative estimate of drug-likeness (QED) is 0.384. The van der Waals surface area contributed by atoms with Crippen molar-refractivity contribution in [1.29, 1.82) is 0 Å². The van der Waals surface area contributed by atoms with Crippen LogP contribution in [0.25, 0.3) is 0 Å². The second-order valence-electron chi connectivity index (χ2n) is 4.38. The Morgan fingerprint density at radius 2 is 2.00 bits per heavy atom. The molecule has 118 valence electrons. The van der Waals surface area contributed by atoms with Crippen LogP contribution in [0.3, 0.4) is 0 Å². The number of nitro groups is 1. The molecule has 7 nitrogen and oxygen atoms in total. The van der Waals surface area contributed by atoms with E-state index in [-0.39, 0.29) is 5.69 Å². The van der Waals surface area contributed by atoms with Crippen molar-refractivity contribution in [3.05, 3.63) is 28.3 Å². The van der Waals surface area contributed by atoms with Gasteiger partial charge in [-0.2, -0.15) is 0 Å². The van der Waals surface area contributed by atoms with Gasteiger partial charge in [0.15, 0.2) is 0 Å². The molecule has 0 fully saturated rings. The van der Waals surface area contributed by atoms with E-state index in [1.165, 1.54) is 13.2 Å². The third-order valence-electron chi connectivity index (χ3n) is 2.86. The molecular formula is C14H22N2O5. The van der Waals surface area contributed by atoms with Gasteiger partial charge in [-0.05, 0) is 18.9 Å². The zero-order valence-corrected chi connectivity index (χ0v) is 12.5. The highest BCUT2D eigenvalue weighted by molar-refractivity contribution is 5.64. The molecule has 0 saturated carbocycles. The first-order valence-corrected chi connectivity index (χ1v) is 6.82. The van der Waals surface area contributed by atoms with Crippen molar-refractivity contribution in [3.63, 3.8) is 0 Å². The topological polar surface area (TPSA) is 82.9 Å². The van der Waals surface area contributed by atoms with Gasteiger partial charge in [0.05, 0.1) is 25.2 Å². The maximum atomic E-state index is 10.9. The number of hydrogen-bond acceptors (Lipinski definition) is 6. The second kappa shape index (κ2) is 9.95.